The lowest BCUT2D eigenvalue weighted by molar-refractivity contribution is 0.954. The Balaban J connectivity index is 0.000000119. The predicted molar refractivity (Wildman–Crippen MR) is 567 cm³/mol. The molecule has 0 aliphatic rings. The first-order valence-electron chi connectivity index (χ1n) is 59.7. The quantitative estimate of drug-likeness (QED) is 0.0838. The highest BCUT2D eigenvalue weighted by atomic mass is 15.2. The predicted octanol–water partition coefficient (Wildman–Crippen LogP) is 32.9. The summed E-state index contributed by atoms with van der Waals surface area (Å²) in [6.07, 6.45) is 0. The molecule has 136 heavy (non-hydrogen) atoms. The molecule has 25 aromatic carbocycles. The average molecular weight is 1760 g/mol. The molecule has 0 atom stereocenters. The maximum atomic E-state index is 9.98. The molecule has 0 amide bonds. The maximum Gasteiger partial charge on any atom is 0.238 e. The zero-order valence-corrected chi connectivity index (χ0v) is 70.9. The van der Waals surface area contributed by atoms with E-state index < -0.39 is 256 Å². The van der Waals surface area contributed by atoms with Crippen molar-refractivity contribution in [1.82, 2.24) is 43.6 Å². The highest BCUT2D eigenvalue weighted by Crippen LogP contribution is 2.52. The number of hydrogen-bond donors (Lipinski definition) is 0. The van der Waals surface area contributed by atoms with E-state index in [1.807, 2.05) is 127 Å². The zero-order chi connectivity index (χ0) is 117. The molecule has 0 fully saturated rings. The van der Waals surface area contributed by atoms with Gasteiger partial charge in [-0.3, -0.25) is 4.57 Å². The lowest BCUT2D eigenvalue weighted by Gasteiger charge is -2.26. The van der Waals surface area contributed by atoms with E-state index in [0.717, 1.165) is 114 Å². The molecule has 630 valence electrons. The van der Waals surface area contributed by atoms with E-state index in [0.29, 0.717) is 44.6 Å². The van der Waals surface area contributed by atoms with Gasteiger partial charge in [0.2, 0.25) is 5.95 Å². The normalized spacial score (nSPS) is 15.3. The van der Waals surface area contributed by atoms with E-state index >= 15 is 0 Å². The van der Waals surface area contributed by atoms with Crippen molar-refractivity contribution in [2.75, 3.05) is 4.90 Å². The molecular formula is C126H76N10. The molecule has 0 N–H and O–H groups in total. The van der Waals surface area contributed by atoms with Crippen LogP contribution in [0.2, 0.25) is 0 Å². The third-order valence-corrected chi connectivity index (χ3v) is 25.8. The molecular weight excluding hydrogens is 1650 g/mol. The second-order valence-corrected chi connectivity index (χ2v) is 33.0. The van der Waals surface area contributed by atoms with E-state index in [2.05, 4.69) is 153 Å². The number of rotatable bonds is 13. The minimum absolute atomic E-state index is 0.0928. The smallest absolute Gasteiger partial charge is 0.238 e. The number of fused-ring (bicyclic) bond motifs is 3. The van der Waals surface area contributed by atoms with Gasteiger partial charge in [0.1, 0.15) is 0 Å². The Morgan fingerprint density at radius 3 is 0.949 bits per heavy atom. The molecule has 0 spiro atoms. The van der Waals surface area contributed by atoms with Gasteiger partial charge >= 0.3 is 0 Å². The highest BCUT2D eigenvalue weighted by Gasteiger charge is 2.29. The number of hydrogen-bond acceptors (Lipinski definition) is 7. The van der Waals surface area contributed by atoms with E-state index in [1.54, 1.807) is 15.2 Å². The number of para-hydroxylation sites is 1. The van der Waals surface area contributed by atoms with Crippen molar-refractivity contribution >= 4 is 179 Å². The van der Waals surface area contributed by atoms with Crippen LogP contribution in [0.5, 0.6) is 0 Å². The summed E-state index contributed by atoms with van der Waals surface area (Å²) < 4.78 is 287. The Bertz CT molecular complexity index is 11800. The first-order valence-corrected chi connectivity index (χ1v) is 43.7. The molecule has 5 heterocycles. The standard InChI is InChI=1S/C44H28N2.2C41H24N4/c1-3-10-29(11-4-1)30-22-25-34(26-23-30)45(33-13-5-2-6-14-33)35-15-8-16-36(28-35)46-39-19-9-18-38-37-17-7-12-31-20-21-32-24-27-40(46)44(43(38)39)42(32)41(31)37;1-3-10-27(11-4-1)39-42-40(28-12-5-2-6-13-28)44-41(43-39)29-15-7-16-30(24-29)45-33-19-9-18-32-31-17-8-14-25-20-21-26-22-23-34(45)38(37(32)33)36(26)35(25)31;1-3-9-25(10-4-1)26-17-21-30(22-18-26)40-42-39(29-11-5-2-6-12-29)43-41(44-40)45-33-16-8-15-32-31-14-7-13-27-19-20-28-23-24-34(45)38(37(32)33)36(28)35(27)31/h1-28H;2*1-24H/i1D,2D,3D,4D,5D,6D,8D,10D,11D,13D,14D,15D,16D,22D,23D,25D,26D,28D;1D,2D,3D,4D,5D,6D,7D,10D,11D,12D,13D,15D,16D,24D;. The zero-order valence-electron chi connectivity index (χ0n) is 103. The van der Waals surface area contributed by atoms with Crippen LogP contribution in [-0.4, -0.2) is 43.6 Å². The molecule has 30 aromatic rings. The third kappa shape index (κ3) is 12.0. The van der Waals surface area contributed by atoms with Crippen molar-refractivity contribution in [3.05, 3.63) is 460 Å². The van der Waals surface area contributed by atoms with Gasteiger partial charge in [-0.05, 0) is 194 Å². The molecule has 0 bridgehead atoms. The molecule has 0 aliphatic heterocycles. The molecule has 0 saturated heterocycles. The van der Waals surface area contributed by atoms with Gasteiger partial charge in [-0.15, -0.1) is 0 Å². The fourth-order valence-electron chi connectivity index (χ4n) is 20.2. The van der Waals surface area contributed by atoms with Gasteiger partial charge in [-0.25, -0.2) is 19.9 Å². The summed E-state index contributed by atoms with van der Waals surface area (Å²) in [5, 5.41) is 25.1. The first-order chi connectivity index (χ1) is 80.8. The summed E-state index contributed by atoms with van der Waals surface area (Å²) in [5.74, 6) is 0.230. The highest BCUT2D eigenvalue weighted by molar-refractivity contribution is 6.43. The van der Waals surface area contributed by atoms with Crippen LogP contribution < -0.4 is 4.90 Å². The van der Waals surface area contributed by atoms with Gasteiger partial charge in [0.15, 0.2) is 29.1 Å². The van der Waals surface area contributed by atoms with Crippen molar-refractivity contribution < 1.29 is 43.9 Å². The van der Waals surface area contributed by atoms with Crippen LogP contribution in [0.15, 0.2) is 460 Å². The van der Waals surface area contributed by atoms with Crippen LogP contribution in [0.25, 0.3) is 259 Å². The Kier molecular flexibility index (Phi) is 11.5. The Morgan fingerprint density at radius 1 is 0.176 bits per heavy atom. The lowest BCUT2D eigenvalue weighted by Crippen LogP contribution is -2.10. The molecule has 5 aromatic heterocycles. The first kappa shape index (κ1) is 51.3. The van der Waals surface area contributed by atoms with Crippen molar-refractivity contribution in [3.8, 4) is 96.5 Å². The van der Waals surface area contributed by atoms with Crippen molar-refractivity contribution in [2.45, 2.75) is 0 Å². The average Bonchev–Trinajstić information content (AvgIpc) is 1.53. The summed E-state index contributed by atoms with van der Waals surface area (Å²) in [5.41, 5.74) is 3.18. The van der Waals surface area contributed by atoms with Crippen LogP contribution >= 0.6 is 0 Å². The minimum atomic E-state index is -1.00. The fourth-order valence-corrected chi connectivity index (χ4v) is 20.2. The maximum absolute atomic E-state index is 9.98. The van der Waals surface area contributed by atoms with E-state index in [1.165, 1.54) is 48.7 Å². The van der Waals surface area contributed by atoms with Crippen molar-refractivity contribution in [2.24, 2.45) is 0 Å². The summed E-state index contributed by atoms with van der Waals surface area (Å²) >= 11 is 0. The molecule has 0 unspecified atom stereocenters. The van der Waals surface area contributed by atoms with Crippen LogP contribution in [0, 0.1) is 0 Å². The van der Waals surface area contributed by atoms with Crippen LogP contribution in [0.4, 0.5) is 17.1 Å². The largest absolute Gasteiger partial charge is 0.310 e. The molecule has 0 aliphatic carbocycles. The Morgan fingerprint density at radius 2 is 0.485 bits per heavy atom. The monoisotopic (exact) mass is 1760 g/mol. The fraction of sp³-hybridized carbons (Fsp3) is 0. The van der Waals surface area contributed by atoms with Crippen molar-refractivity contribution in [3.63, 3.8) is 0 Å². The van der Waals surface area contributed by atoms with Gasteiger partial charge < -0.3 is 14.0 Å². The minimum Gasteiger partial charge on any atom is -0.310 e. The van der Waals surface area contributed by atoms with Crippen LogP contribution in [0.1, 0.15) is 43.9 Å². The summed E-state index contributed by atoms with van der Waals surface area (Å²) in [6.45, 7) is 0. The number of benzene rings is 25. The van der Waals surface area contributed by atoms with E-state index in [-0.39, 0.29) is 11.4 Å². The second kappa shape index (κ2) is 30.6. The van der Waals surface area contributed by atoms with Gasteiger partial charge in [0, 0.05) is 105 Å². The number of nitrogens with zero attached hydrogens (tertiary/aromatic N) is 10. The lowest BCUT2D eigenvalue weighted by atomic mass is 9.89. The molecule has 30 rings (SSSR count). The van der Waals surface area contributed by atoms with E-state index in [4.69, 9.17) is 45.1 Å². The molecule has 0 saturated carbocycles. The van der Waals surface area contributed by atoms with E-state index in [9.17, 15) is 13.7 Å². The van der Waals surface area contributed by atoms with Gasteiger partial charge in [0.05, 0.1) is 77.0 Å². The summed E-state index contributed by atoms with van der Waals surface area (Å²) in [6, 6.07) is 65.6. The SMILES string of the molecule is [2H]c1c([2H])c([2H])c(-c2c([2H])c([2H])c(N(c3c([2H])c([2H])c([2H])c([2H])c3[2H])c3c([2H])c([2H])c([2H])c(-n4c5cccc6c7cccc8ccc9ccc4c(c9c87)c65)c3[2H])c([2H])c2[2H])c([2H])c1[2H].[2H]c1c([2H])c([2H])c(-c2nc(-c3c([2H])c([2H])c([2H])c([2H])c3[2H])nc(-c3c([2H])c([2H])c([2H])c(-n4c5cccc6c7cccc8ccc9ccc4c(c9c87)c65)c3[2H])n2)c([2H])c1[2H].c1ccc(-c2ccc(-c3nc(-c4ccccc4)nc(-n4c5cccc6c7cccc8ccc9ccc4c(c9c87)c65)n3)cc2)cc1. The number of aromatic nitrogens is 9. The summed E-state index contributed by atoms with van der Waals surface area (Å²) in [4.78, 5) is 29.2. The Hall–Kier alpha value is -18.4. The Labute approximate surface area is 825 Å². The molecule has 0 radical (unpaired) electrons. The van der Waals surface area contributed by atoms with Gasteiger partial charge in [-0.2, -0.15) is 9.97 Å². The molecule has 10 nitrogen and oxygen atoms in total. The van der Waals surface area contributed by atoms with Gasteiger partial charge in [0.25, 0.3) is 0 Å². The van der Waals surface area contributed by atoms with Crippen LogP contribution in [0.3, 0.4) is 0 Å². The topological polar surface area (TPSA) is 95.4 Å². The second-order valence-electron chi connectivity index (χ2n) is 33.0. The molecule has 10 heteroatoms. The van der Waals surface area contributed by atoms with Gasteiger partial charge in [-0.1, -0.05) is 369 Å². The third-order valence-electron chi connectivity index (χ3n) is 25.8. The number of anilines is 3. The summed E-state index contributed by atoms with van der Waals surface area (Å²) in [7, 11) is 0. The van der Waals surface area contributed by atoms with Crippen molar-refractivity contribution in [1.29, 1.82) is 0 Å². The van der Waals surface area contributed by atoms with Crippen LogP contribution in [-0.2, 0) is 0 Å².